The summed E-state index contributed by atoms with van der Waals surface area (Å²) >= 11 is 0. The van der Waals surface area contributed by atoms with Gasteiger partial charge in [-0.1, -0.05) is 13.8 Å². The van der Waals surface area contributed by atoms with Crippen LogP contribution in [0.3, 0.4) is 0 Å². The van der Waals surface area contributed by atoms with Crippen molar-refractivity contribution in [1.82, 2.24) is 5.32 Å². The van der Waals surface area contributed by atoms with E-state index in [0.29, 0.717) is 24.6 Å². The average Bonchev–Trinajstić information content (AvgIpc) is 2.66. The topological polar surface area (TPSA) is 71.0 Å². The smallest absolute Gasteiger partial charge is 0.127 e. The number of hydrogen-bond acceptors (Lipinski definition) is 5. The fourth-order valence-electron chi connectivity index (χ4n) is 3.56. The zero-order chi connectivity index (χ0) is 21.9. The fourth-order valence-corrected chi connectivity index (χ4v) is 3.56. The van der Waals surface area contributed by atoms with Crippen molar-refractivity contribution in [2.24, 2.45) is 0 Å². The molecular weight excluding hydrogens is 366 g/mol. The van der Waals surface area contributed by atoms with Crippen LogP contribution in [0.5, 0.6) is 23.0 Å². The number of benzene rings is 2. The van der Waals surface area contributed by atoms with E-state index in [2.05, 4.69) is 19.2 Å². The number of aromatic hydroxyl groups is 2. The Bertz CT molecular complexity index is 874. The molecular formula is C24H35NO4. The molecule has 0 aliphatic heterocycles. The van der Waals surface area contributed by atoms with Gasteiger partial charge >= 0.3 is 0 Å². The number of methoxy groups -OCH3 is 1. The van der Waals surface area contributed by atoms with Crippen LogP contribution in [-0.4, -0.2) is 30.0 Å². The molecule has 2 rings (SSSR count). The van der Waals surface area contributed by atoms with Gasteiger partial charge in [-0.3, -0.25) is 0 Å². The third-order valence-electron chi connectivity index (χ3n) is 5.56. The van der Waals surface area contributed by atoms with E-state index in [9.17, 15) is 10.2 Å². The maximum atomic E-state index is 10.4. The number of aryl methyl sites for hydroxylation is 1. The molecule has 5 heteroatoms. The molecule has 2 aromatic rings. The van der Waals surface area contributed by atoms with Gasteiger partial charge in [-0.15, -0.1) is 0 Å². The molecule has 0 aliphatic rings. The second kappa shape index (κ2) is 9.40. The Morgan fingerprint density at radius 1 is 0.966 bits per heavy atom. The van der Waals surface area contributed by atoms with Gasteiger partial charge < -0.3 is 25.0 Å². The maximum absolute atomic E-state index is 10.4. The Kier molecular flexibility index (Phi) is 7.42. The Hall–Kier alpha value is -2.40. The van der Waals surface area contributed by atoms with Crippen molar-refractivity contribution < 1.29 is 19.7 Å². The summed E-state index contributed by atoms with van der Waals surface area (Å²) in [5.74, 6) is 2.49. The lowest BCUT2D eigenvalue weighted by molar-refractivity contribution is 0.213. The van der Waals surface area contributed by atoms with Gasteiger partial charge in [0.25, 0.3) is 0 Å². The molecule has 2 aromatic carbocycles. The Balaban J connectivity index is 2.10. The normalized spacial score (nSPS) is 12.3. The van der Waals surface area contributed by atoms with Gasteiger partial charge in [0.1, 0.15) is 29.1 Å². The number of hydrogen-bond donors (Lipinski definition) is 3. The molecule has 29 heavy (non-hydrogen) atoms. The summed E-state index contributed by atoms with van der Waals surface area (Å²) in [5, 5.41) is 23.8. The number of nitrogens with one attached hydrogen (secondary N) is 1. The zero-order valence-corrected chi connectivity index (χ0v) is 18.9. The van der Waals surface area contributed by atoms with E-state index < -0.39 is 0 Å². The number of ether oxygens (including phenoxy) is 2. The van der Waals surface area contributed by atoms with Gasteiger partial charge in [0.2, 0.25) is 0 Å². The number of rotatable bonds is 8. The minimum absolute atomic E-state index is 0.0668. The number of phenolic OH excluding ortho intramolecular Hbond substituents is 2. The third kappa shape index (κ3) is 4.96. The Morgan fingerprint density at radius 2 is 1.62 bits per heavy atom. The van der Waals surface area contributed by atoms with Crippen LogP contribution in [0.15, 0.2) is 12.1 Å². The fraction of sp³-hybridized carbons (Fsp3) is 0.500. The molecule has 160 valence electrons. The zero-order valence-electron chi connectivity index (χ0n) is 18.9. The van der Waals surface area contributed by atoms with Crippen LogP contribution in [-0.2, 0) is 6.54 Å². The first kappa shape index (κ1) is 22.9. The summed E-state index contributed by atoms with van der Waals surface area (Å²) in [7, 11) is 1.66. The second-order valence-corrected chi connectivity index (χ2v) is 8.13. The maximum Gasteiger partial charge on any atom is 0.127 e. The molecule has 1 unspecified atom stereocenters. The van der Waals surface area contributed by atoms with Crippen LogP contribution in [0.1, 0.15) is 60.1 Å². The molecule has 0 fully saturated rings. The van der Waals surface area contributed by atoms with Gasteiger partial charge in [-0.25, -0.2) is 0 Å². The molecule has 0 heterocycles. The average molecular weight is 402 g/mol. The molecule has 0 aromatic heterocycles. The van der Waals surface area contributed by atoms with Gasteiger partial charge in [-0.05, 0) is 74.9 Å². The first-order valence-corrected chi connectivity index (χ1v) is 10.1. The predicted molar refractivity (Wildman–Crippen MR) is 118 cm³/mol. The van der Waals surface area contributed by atoms with Crippen LogP contribution < -0.4 is 14.8 Å². The molecule has 0 bridgehead atoms. The predicted octanol–water partition coefficient (Wildman–Crippen LogP) is 5.02. The van der Waals surface area contributed by atoms with Crippen molar-refractivity contribution in [2.45, 2.75) is 67.0 Å². The van der Waals surface area contributed by atoms with Crippen molar-refractivity contribution in [3.8, 4) is 23.0 Å². The van der Waals surface area contributed by atoms with Gasteiger partial charge in [0, 0.05) is 24.2 Å². The lowest BCUT2D eigenvalue weighted by Crippen LogP contribution is -2.29. The van der Waals surface area contributed by atoms with E-state index in [4.69, 9.17) is 9.47 Å². The molecule has 0 saturated heterocycles. The van der Waals surface area contributed by atoms with Crippen molar-refractivity contribution in [3.05, 3.63) is 45.5 Å². The molecule has 5 nitrogen and oxygen atoms in total. The molecule has 0 amide bonds. The molecule has 0 spiro atoms. The van der Waals surface area contributed by atoms with E-state index >= 15 is 0 Å². The minimum Gasteiger partial charge on any atom is -0.508 e. The van der Waals surface area contributed by atoms with Crippen molar-refractivity contribution in [1.29, 1.82) is 0 Å². The summed E-state index contributed by atoms with van der Waals surface area (Å²) in [4.78, 5) is 0. The first-order chi connectivity index (χ1) is 13.6. The van der Waals surface area contributed by atoms with Crippen LogP contribution >= 0.6 is 0 Å². The van der Waals surface area contributed by atoms with Crippen LogP contribution in [0.25, 0.3) is 0 Å². The summed E-state index contributed by atoms with van der Waals surface area (Å²) in [6.45, 7) is 15.0. The minimum atomic E-state index is -0.0668. The lowest BCUT2D eigenvalue weighted by atomic mass is 9.97. The van der Waals surface area contributed by atoms with Crippen LogP contribution in [0, 0.1) is 27.7 Å². The van der Waals surface area contributed by atoms with Crippen molar-refractivity contribution in [3.63, 3.8) is 0 Å². The molecule has 0 radical (unpaired) electrons. The summed E-state index contributed by atoms with van der Waals surface area (Å²) in [6, 6.07) is 3.69. The van der Waals surface area contributed by atoms with Gasteiger partial charge in [-0.2, -0.15) is 0 Å². The Labute approximate surface area is 174 Å². The van der Waals surface area contributed by atoms with Gasteiger partial charge in [0.05, 0.1) is 7.11 Å². The third-order valence-corrected chi connectivity index (χ3v) is 5.56. The van der Waals surface area contributed by atoms with Crippen molar-refractivity contribution >= 4 is 0 Å². The highest BCUT2D eigenvalue weighted by Crippen LogP contribution is 2.37. The highest BCUT2D eigenvalue weighted by Gasteiger charge is 2.18. The molecule has 0 aliphatic carbocycles. The highest BCUT2D eigenvalue weighted by atomic mass is 16.5. The molecule has 3 N–H and O–H groups in total. The van der Waals surface area contributed by atoms with Gasteiger partial charge in [0.15, 0.2) is 0 Å². The lowest BCUT2D eigenvalue weighted by Gasteiger charge is -2.22. The van der Waals surface area contributed by atoms with Crippen LogP contribution in [0.4, 0.5) is 0 Å². The van der Waals surface area contributed by atoms with E-state index in [1.54, 1.807) is 13.2 Å². The molecule has 1 atom stereocenters. The van der Waals surface area contributed by atoms with E-state index in [1.807, 2.05) is 40.7 Å². The van der Waals surface area contributed by atoms with Crippen molar-refractivity contribution in [2.75, 3.05) is 13.7 Å². The SMILES string of the molecule is COc1c(C)c(C)c(O)c(C)c1CNCC(C)Oc1cc(C)c(O)cc1C(C)C. The standard InChI is InChI=1S/C24H35NO4/c1-13(2)19-10-21(26)14(3)9-22(19)29-15(4)11-25-12-20-18(7)23(27)16(5)17(6)24(20)28-8/h9-10,13,15,25-27H,11-12H2,1-8H3. The molecule has 0 saturated carbocycles. The second-order valence-electron chi connectivity index (χ2n) is 8.13. The summed E-state index contributed by atoms with van der Waals surface area (Å²) < 4.78 is 11.8. The Morgan fingerprint density at radius 3 is 2.21 bits per heavy atom. The highest BCUT2D eigenvalue weighted by molar-refractivity contribution is 5.57. The van der Waals surface area contributed by atoms with E-state index in [-0.39, 0.29) is 12.0 Å². The number of phenols is 2. The summed E-state index contributed by atoms with van der Waals surface area (Å²) in [6.07, 6.45) is -0.0668. The summed E-state index contributed by atoms with van der Waals surface area (Å²) in [5.41, 5.74) is 5.40. The van der Waals surface area contributed by atoms with Crippen LogP contribution in [0.2, 0.25) is 0 Å². The van der Waals surface area contributed by atoms with E-state index in [1.165, 1.54) is 0 Å². The van der Waals surface area contributed by atoms with E-state index in [0.717, 1.165) is 44.9 Å². The quantitative estimate of drug-likeness (QED) is 0.579. The monoisotopic (exact) mass is 401 g/mol. The largest absolute Gasteiger partial charge is 0.508 e. The first-order valence-electron chi connectivity index (χ1n) is 10.1.